The second-order valence-electron chi connectivity index (χ2n) is 4.21. The van der Waals surface area contributed by atoms with Crippen molar-refractivity contribution in [2.24, 2.45) is 11.1 Å². The minimum atomic E-state index is 0.101. The van der Waals surface area contributed by atoms with E-state index in [1.54, 1.807) is 0 Å². The van der Waals surface area contributed by atoms with Crippen LogP contribution in [0.1, 0.15) is 37.4 Å². The molecule has 0 aliphatic rings. The number of nitrogens with two attached hydrogens (primary N) is 1. The molecular weight excluding hydrogens is 168 g/mol. The van der Waals surface area contributed by atoms with E-state index in [0.29, 0.717) is 0 Å². The summed E-state index contributed by atoms with van der Waals surface area (Å²) in [5.41, 5.74) is 7.24. The fourth-order valence-electron chi connectivity index (χ4n) is 0.957. The van der Waals surface area contributed by atoms with E-state index in [1.807, 2.05) is 6.92 Å². The van der Waals surface area contributed by atoms with E-state index in [4.69, 9.17) is 5.73 Å². The van der Waals surface area contributed by atoms with Gasteiger partial charge in [-0.3, -0.25) is 0 Å². The summed E-state index contributed by atoms with van der Waals surface area (Å²) in [6.07, 6.45) is 0. The largest absolute Gasteiger partial charge is 0.323 e. The van der Waals surface area contributed by atoms with E-state index >= 15 is 0 Å². The zero-order valence-electron chi connectivity index (χ0n) is 8.09. The van der Waals surface area contributed by atoms with Crippen molar-refractivity contribution in [3.05, 3.63) is 16.6 Å². The van der Waals surface area contributed by atoms with Crippen LogP contribution in [0, 0.1) is 12.3 Å². The summed E-state index contributed by atoms with van der Waals surface area (Å²) in [7, 11) is 0. The quantitative estimate of drug-likeness (QED) is 0.728. The Balaban J connectivity index is 2.85. The van der Waals surface area contributed by atoms with Crippen molar-refractivity contribution >= 4 is 11.5 Å². The van der Waals surface area contributed by atoms with Crippen LogP contribution in [0.15, 0.2) is 6.07 Å². The Morgan fingerprint density at radius 1 is 1.50 bits per heavy atom. The maximum absolute atomic E-state index is 6.06. The average Bonchev–Trinajstić information content (AvgIpc) is 2.32. The third-order valence-corrected chi connectivity index (χ3v) is 2.85. The van der Waals surface area contributed by atoms with Crippen LogP contribution in [-0.4, -0.2) is 4.37 Å². The van der Waals surface area contributed by atoms with Gasteiger partial charge in [-0.2, -0.15) is 4.37 Å². The summed E-state index contributed by atoms with van der Waals surface area (Å²) < 4.78 is 4.21. The molecule has 2 N–H and O–H groups in total. The normalized spacial score (nSPS) is 14.8. The lowest BCUT2D eigenvalue weighted by Crippen LogP contribution is -2.25. The molecule has 0 aromatic carbocycles. The molecular formula is C9H16N2S. The van der Waals surface area contributed by atoms with Crippen LogP contribution in [0.4, 0.5) is 0 Å². The van der Waals surface area contributed by atoms with Gasteiger partial charge in [0.15, 0.2) is 0 Å². The highest BCUT2D eigenvalue weighted by molar-refractivity contribution is 7.05. The fourth-order valence-corrected chi connectivity index (χ4v) is 1.95. The molecule has 1 aromatic heterocycles. The van der Waals surface area contributed by atoms with Crippen LogP contribution in [0.5, 0.6) is 0 Å². The Morgan fingerprint density at radius 3 is 2.42 bits per heavy atom. The first-order valence-corrected chi connectivity index (χ1v) is 4.87. The second kappa shape index (κ2) is 3.15. The standard InChI is InChI=1S/C9H16N2S/c1-6-5-7(12-11-6)8(10)9(2,3)4/h5,8H,10H2,1-4H3. The number of hydrogen-bond acceptors (Lipinski definition) is 3. The van der Waals surface area contributed by atoms with Gasteiger partial charge in [-0.05, 0) is 29.9 Å². The number of hydrogen-bond donors (Lipinski definition) is 1. The van der Waals surface area contributed by atoms with Crippen molar-refractivity contribution in [2.45, 2.75) is 33.7 Å². The van der Waals surface area contributed by atoms with Crippen molar-refractivity contribution in [1.82, 2.24) is 4.37 Å². The monoisotopic (exact) mass is 184 g/mol. The highest BCUT2D eigenvalue weighted by atomic mass is 32.1. The maximum Gasteiger partial charge on any atom is 0.0514 e. The molecule has 0 amide bonds. The Morgan fingerprint density at radius 2 is 2.08 bits per heavy atom. The first-order chi connectivity index (χ1) is 5.41. The lowest BCUT2D eigenvalue weighted by Gasteiger charge is -2.25. The van der Waals surface area contributed by atoms with Gasteiger partial charge in [0, 0.05) is 10.9 Å². The average molecular weight is 184 g/mol. The van der Waals surface area contributed by atoms with Crippen LogP contribution in [0.25, 0.3) is 0 Å². The molecule has 0 saturated heterocycles. The van der Waals surface area contributed by atoms with Gasteiger partial charge < -0.3 is 5.73 Å². The maximum atomic E-state index is 6.06. The molecule has 0 aliphatic heterocycles. The summed E-state index contributed by atoms with van der Waals surface area (Å²) in [6, 6.07) is 2.17. The van der Waals surface area contributed by atoms with Crippen LogP contribution in [0.2, 0.25) is 0 Å². The fraction of sp³-hybridized carbons (Fsp3) is 0.667. The van der Waals surface area contributed by atoms with Crippen LogP contribution < -0.4 is 5.73 Å². The van der Waals surface area contributed by atoms with E-state index in [2.05, 4.69) is 31.2 Å². The second-order valence-corrected chi connectivity index (χ2v) is 5.05. The molecule has 0 spiro atoms. The molecule has 1 rings (SSSR count). The summed E-state index contributed by atoms with van der Waals surface area (Å²) in [5, 5.41) is 0. The Bertz CT molecular complexity index is 260. The van der Waals surface area contributed by atoms with Crippen molar-refractivity contribution in [3.8, 4) is 0 Å². The molecule has 0 radical (unpaired) electrons. The smallest absolute Gasteiger partial charge is 0.0514 e. The summed E-state index contributed by atoms with van der Waals surface area (Å²) in [5.74, 6) is 0. The van der Waals surface area contributed by atoms with E-state index in [0.717, 1.165) is 5.69 Å². The third kappa shape index (κ3) is 2.05. The molecule has 3 heteroatoms. The van der Waals surface area contributed by atoms with Gasteiger partial charge in [-0.15, -0.1) is 0 Å². The molecule has 0 saturated carbocycles. The molecule has 1 aromatic rings. The van der Waals surface area contributed by atoms with Crippen molar-refractivity contribution in [1.29, 1.82) is 0 Å². The zero-order chi connectivity index (χ0) is 9.35. The van der Waals surface area contributed by atoms with Gasteiger partial charge in [0.25, 0.3) is 0 Å². The number of aromatic nitrogens is 1. The minimum Gasteiger partial charge on any atom is -0.323 e. The zero-order valence-corrected chi connectivity index (χ0v) is 8.90. The molecule has 12 heavy (non-hydrogen) atoms. The molecule has 2 nitrogen and oxygen atoms in total. The van der Waals surface area contributed by atoms with E-state index in [1.165, 1.54) is 16.4 Å². The SMILES string of the molecule is Cc1cc(C(N)C(C)(C)C)sn1. The van der Waals surface area contributed by atoms with Crippen LogP contribution >= 0.6 is 11.5 Å². The first kappa shape index (κ1) is 9.68. The molecule has 0 bridgehead atoms. The van der Waals surface area contributed by atoms with Crippen LogP contribution in [0.3, 0.4) is 0 Å². The van der Waals surface area contributed by atoms with Crippen molar-refractivity contribution in [2.75, 3.05) is 0 Å². The third-order valence-electron chi connectivity index (χ3n) is 1.89. The van der Waals surface area contributed by atoms with E-state index in [-0.39, 0.29) is 11.5 Å². The Labute approximate surface area is 78.0 Å². The van der Waals surface area contributed by atoms with Gasteiger partial charge in [-0.1, -0.05) is 20.8 Å². The van der Waals surface area contributed by atoms with Gasteiger partial charge in [-0.25, -0.2) is 0 Å². The Hall–Kier alpha value is -0.410. The topological polar surface area (TPSA) is 38.9 Å². The summed E-state index contributed by atoms with van der Waals surface area (Å²) in [6.45, 7) is 8.43. The molecule has 0 fully saturated rings. The minimum absolute atomic E-state index is 0.101. The van der Waals surface area contributed by atoms with Crippen molar-refractivity contribution in [3.63, 3.8) is 0 Å². The van der Waals surface area contributed by atoms with Crippen molar-refractivity contribution < 1.29 is 0 Å². The highest BCUT2D eigenvalue weighted by Crippen LogP contribution is 2.32. The molecule has 1 heterocycles. The Kier molecular flexibility index (Phi) is 2.54. The molecule has 1 atom stereocenters. The first-order valence-electron chi connectivity index (χ1n) is 4.10. The molecule has 68 valence electrons. The molecule has 1 unspecified atom stereocenters. The van der Waals surface area contributed by atoms with Gasteiger partial charge in [0.2, 0.25) is 0 Å². The number of nitrogens with zero attached hydrogens (tertiary/aromatic N) is 1. The lowest BCUT2D eigenvalue weighted by atomic mass is 9.86. The molecule has 0 aliphatic carbocycles. The summed E-state index contributed by atoms with van der Waals surface area (Å²) in [4.78, 5) is 1.18. The van der Waals surface area contributed by atoms with Crippen LogP contribution in [-0.2, 0) is 0 Å². The van der Waals surface area contributed by atoms with Gasteiger partial charge >= 0.3 is 0 Å². The predicted octanol–water partition coefficient (Wildman–Crippen LogP) is 2.50. The number of aryl methyl sites for hydroxylation is 1. The predicted molar refractivity (Wildman–Crippen MR) is 53.2 cm³/mol. The van der Waals surface area contributed by atoms with E-state index < -0.39 is 0 Å². The van der Waals surface area contributed by atoms with E-state index in [9.17, 15) is 0 Å². The summed E-state index contributed by atoms with van der Waals surface area (Å²) >= 11 is 1.51. The number of rotatable bonds is 1. The van der Waals surface area contributed by atoms with Gasteiger partial charge in [0.1, 0.15) is 0 Å². The lowest BCUT2D eigenvalue weighted by molar-refractivity contribution is 0.331. The van der Waals surface area contributed by atoms with Gasteiger partial charge in [0.05, 0.1) is 5.69 Å². The highest BCUT2D eigenvalue weighted by Gasteiger charge is 2.23.